The predicted molar refractivity (Wildman–Crippen MR) is 69.3 cm³/mol. The maximum absolute atomic E-state index is 10.6. The van der Waals surface area contributed by atoms with Crippen molar-refractivity contribution in [1.82, 2.24) is 0 Å². The number of carboxylic acids is 2. The first kappa shape index (κ1) is 20.6. The number of hydrogen-bond acceptors (Lipinski definition) is 7. The van der Waals surface area contributed by atoms with E-state index in [-0.39, 0.29) is 12.8 Å². The van der Waals surface area contributed by atoms with Crippen LogP contribution in [0.3, 0.4) is 0 Å². The van der Waals surface area contributed by atoms with Crippen LogP contribution in [-0.4, -0.2) is 42.2 Å². The van der Waals surface area contributed by atoms with E-state index in [2.05, 4.69) is 4.74 Å². The predicted octanol–water partition coefficient (Wildman–Crippen LogP) is -1.54. The van der Waals surface area contributed by atoms with Crippen molar-refractivity contribution < 1.29 is 29.3 Å². The molecule has 8 heteroatoms. The van der Waals surface area contributed by atoms with Crippen molar-refractivity contribution in [3.63, 3.8) is 0 Å². The number of ether oxygens (including phenoxy) is 1. The van der Waals surface area contributed by atoms with Crippen LogP contribution in [0.5, 0.6) is 0 Å². The van der Waals surface area contributed by atoms with Gasteiger partial charge in [0.1, 0.15) is 12.1 Å². The number of carbonyl (C=O) groups is 3. The van der Waals surface area contributed by atoms with E-state index >= 15 is 0 Å². The van der Waals surface area contributed by atoms with Gasteiger partial charge in [-0.25, -0.2) is 0 Å². The van der Waals surface area contributed by atoms with Crippen molar-refractivity contribution in [3.05, 3.63) is 0 Å². The van der Waals surface area contributed by atoms with E-state index in [4.69, 9.17) is 16.6 Å². The van der Waals surface area contributed by atoms with E-state index < -0.39 is 30.0 Å². The summed E-state index contributed by atoms with van der Waals surface area (Å²) >= 11 is 0. The van der Waals surface area contributed by atoms with Gasteiger partial charge in [0.2, 0.25) is 0 Å². The Morgan fingerprint density at radius 3 is 1.95 bits per heavy atom. The Bertz CT molecular complexity index is 319. The second kappa shape index (κ2) is 11.2. The minimum atomic E-state index is -1.22. The van der Waals surface area contributed by atoms with E-state index in [1.54, 1.807) is 0 Å². The standard InChI is InChI=1S/C6H11NO4.C6H13NO2/c1-11-6(10)4(7)2-3-5(8)9;1-4(2)3-5(7)6(8)9/h4H,2-3,7H2,1H3,(H,8,9);4-5H,3,7H2,1-2H3,(H,8,9)/p-1. The fraction of sp³-hybridized carbons (Fsp3) is 0.750. The number of esters is 1. The summed E-state index contributed by atoms with van der Waals surface area (Å²) in [6.45, 7) is 3.89. The van der Waals surface area contributed by atoms with Gasteiger partial charge in [-0.2, -0.15) is 0 Å². The highest BCUT2D eigenvalue weighted by atomic mass is 16.5. The Balaban J connectivity index is 0. The molecule has 0 fully saturated rings. The van der Waals surface area contributed by atoms with E-state index in [0.717, 1.165) is 0 Å². The average Bonchev–Trinajstić information content (AvgIpc) is 2.34. The molecule has 0 aliphatic rings. The van der Waals surface area contributed by atoms with Gasteiger partial charge < -0.3 is 31.2 Å². The molecule has 0 aromatic heterocycles. The zero-order valence-corrected chi connectivity index (χ0v) is 12.0. The van der Waals surface area contributed by atoms with Crippen LogP contribution in [0.2, 0.25) is 0 Å². The van der Waals surface area contributed by atoms with Crippen LogP contribution in [0, 0.1) is 5.92 Å². The Morgan fingerprint density at radius 2 is 1.70 bits per heavy atom. The molecule has 0 saturated heterocycles. The largest absolute Gasteiger partial charge is 0.550 e. The lowest BCUT2D eigenvalue weighted by Crippen LogP contribution is -2.34. The molecule has 0 aliphatic heterocycles. The van der Waals surface area contributed by atoms with Gasteiger partial charge >= 0.3 is 11.9 Å². The van der Waals surface area contributed by atoms with E-state index in [1.165, 1.54) is 7.11 Å². The minimum Gasteiger partial charge on any atom is -0.550 e. The number of methoxy groups -OCH3 is 1. The number of aliphatic carboxylic acids is 2. The molecule has 0 aliphatic carbocycles. The first-order chi connectivity index (χ1) is 9.11. The number of carbonyl (C=O) groups excluding carboxylic acids is 2. The Kier molecular flexibility index (Phi) is 11.5. The molecule has 0 aromatic rings. The average molecular weight is 291 g/mol. The first-order valence-corrected chi connectivity index (χ1v) is 6.13. The molecular weight excluding hydrogens is 268 g/mol. The summed E-state index contributed by atoms with van der Waals surface area (Å²) in [5, 5.41) is 18.2. The number of hydrogen-bond donors (Lipinski definition) is 3. The van der Waals surface area contributed by atoms with Crippen molar-refractivity contribution in [1.29, 1.82) is 0 Å². The van der Waals surface area contributed by atoms with Crippen molar-refractivity contribution in [2.75, 3.05) is 7.11 Å². The summed E-state index contributed by atoms with van der Waals surface area (Å²) in [4.78, 5) is 30.6. The molecule has 0 heterocycles. The summed E-state index contributed by atoms with van der Waals surface area (Å²) in [5.41, 5.74) is 10.4. The Hall–Kier alpha value is -1.67. The summed E-state index contributed by atoms with van der Waals surface area (Å²) in [6, 6.07) is -1.55. The van der Waals surface area contributed by atoms with Gasteiger partial charge in [0.25, 0.3) is 0 Å². The number of carboxylic acid groups (broad SMARTS) is 2. The molecule has 0 spiro atoms. The van der Waals surface area contributed by atoms with Crippen LogP contribution < -0.4 is 16.6 Å². The highest BCUT2D eigenvalue weighted by Crippen LogP contribution is 2.01. The lowest BCUT2D eigenvalue weighted by Gasteiger charge is -2.08. The zero-order valence-electron chi connectivity index (χ0n) is 12.0. The molecule has 0 amide bonds. The zero-order chi connectivity index (χ0) is 16.3. The second-order valence-electron chi connectivity index (χ2n) is 4.61. The third-order valence-electron chi connectivity index (χ3n) is 2.21. The summed E-state index contributed by atoms with van der Waals surface area (Å²) in [7, 11) is 1.20. The van der Waals surface area contributed by atoms with E-state index in [1.807, 2.05) is 13.8 Å². The quantitative estimate of drug-likeness (QED) is 0.476. The van der Waals surface area contributed by atoms with Crippen LogP contribution >= 0.6 is 0 Å². The highest BCUT2D eigenvalue weighted by Gasteiger charge is 2.12. The van der Waals surface area contributed by atoms with Gasteiger partial charge in [-0.05, 0) is 25.2 Å². The Morgan fingerprint density at radius 1 is 1.20 bits per heavy atom. The third-order valence-corrected chi connectivity index (χ3v) is 2.21. The monoisotopic (exact) mass is 291 g/mol. The maximum atomic E-state index is 10.6. The number of rotatable bonds is 7. The molecule has 20 heavy (non-hydrogen) atoms. The van der Waals surface area contributed by atoms with Crippen LogP contribution in [-0.2, 0) is 19.1 Å². The molecule has 2 unspecified atom stereocenters. The van der Waals surface area contributed by atoms with Crippen molar-refractivity contribution in [2.45, 2.75) is 45.2 Å². The first-order valence-electron chi connectivity index (χ1n) is 6.13. The van der Waals surface area contributed by atoms with Crippen LogP contribution in [0.15, 0.2) is 0 Å². The van der Waals surface area contributed by atoms with Gasteiger partial charge in [-0.3, -0.25) is 9.59 Å². The molecule has 118 valence electrons. The lowest BCUT2D eigenvalue weighted by atomic mass is 10.1. The maximum Gasteiger partial charge on any atom is 0.322 e. The van der Waals surface area contributed by atoms with Crippen LogP contribution in [0.4, 0.5) is 0 Å². The molecule has 0 bridgehead atoms. The molecule has 5 N–H and O–H groups in total. The highest BCUT2D eigenvalue weighted by molar-refractivity contribution is 5.76. The molecule has 8 nitrogen and oxygen atoms in total. The SMILES string of the molecule is CC(C)CC(N)C(=O)O.COC(=O)C(N)CCC(=O)[O-]. The molecule has 2 atom stereocenters. The fourth-order valence-corrected chi connectivity index (χ4v) is 1.15. The number of nitrogens with two attached hydrogens (primary N) is 2. The summed E-state index contributed by atoms with van der Waals surface area (Å²) < 4.78 is 4.27. The van der Waals surface area contributed by atoms with Crippen LogP contribution in [0.1, 0.15) is 33.1 Å². The smallest absolute Gasteiger partial charge is 0.322 e. The second-order valence-corrected chi connectivity index (χ2v) is 4.61. The minimum absolute atomic E-state index is 0.0506. The molecule has 0 saturated carbocycles. The van der Waals surface area contributed by atoms with Crippen molar-refractivity contribution in [3.8, 4) is 0 Å². The molecular formula is C12H23N2O6-. The van der Waals surface area contributed by atoms with Gasteiger partial charge in [-0.15, -0.1) is 0 Å². The van der Waals surface area contributed by atoms with E-state index in [0.29, 0.717) is 12.3 Å². The van der Waals surface area contributed by atoms with Crippen molar-refractivity contribution in [2.24, 2.45) is 17.4 Å². The third kappa shape index (κ3) is 12.8. The lowest BCUT2D eigenvalue weighted by molar-refractivity contribution is -0.305. The Labute approximate surface area is 118 Å². The van der Waals surface area contributed by atoms with Gasteiger partial charge in [0.15, 0.2) is 0 Å². The van der Waals surface area contributed by atoms with Crippen LogP contribution in [0.25, 0.3) is 0 Å². The van der Waals surface area contributed by atoms with Gasteiger partial charge in [0, 0.05) is 5.97 Å². The van der Waals surface area contributed by atoms with Gasteiger partial charge in [0.05, 0.1) is 7.11 Å². The summed E-state index contributed by atoms with van der Waals surface area (Å²) in [5.74, 6) is -2.38. The topological polar surface area (TPSA) is 156 Å². The summed E-state index contributed by atoms with van der Waals surface area (Å²) in [6.07, 6.45) is 0.376. The molecule has 0 aromatic carbocycles. The van der Waals surface area contributed by atoms with Crippen molar-refractivity contribution >= 4 is 17.9 Å². The van der Waals surface area contributed by atoms with E-state index in [9.17, 15) is 19.5 Å². The molecule has 0 rings (SSSR count). The normalized spacial score (nSPS) is 12.9. The molecule has 0 radical (unpaired) electrons. The fourth-order valence-electron chi connectivity index (χ4n) is 1.15. The van der Waals surface area contributed by atoms with Gasteiger partial charge in [-0.1, -0.05) is 13.8 Å².